The predicted molar refractivity (Wildman–Crippen MR) is 72.6 cm³/mol. The molecule has 1 rings (SSSR count). The summed E-state index contributed by atoms with van der Waals surface area (Å²) in [6, 6.07) is 4.48. The van der Waals surface area contributed by atoms with Crippen molar-refractivity contribution in [2.75, 3.05) is 16.8 Å². The van der Waals surface area contributed by atoms with Gasteiger partial charge in [0.1, 0.15) is 5.82 Å². The summed E-state index contributed by atoms with van der Waals surface area (Å²) in [5, 5.41) is 3.38. The van der Waals surface area contributed by atoms with Crippen LogP contribution in [0.2, 0.25) is 0 Å². The Labute approximate surface area is 104 Å². The first kappa shape index (κ1) is 12.8. The van der Waals surface area contributed by atoms with Crippen LogP contribution in [0, 0.1) is 0 Å². The second-order valence-corrected chi connectivity index (χ2v) is 5.70. The number of nitrogens with zero attached hydrogens (tertiary/aromatic N) is 1. The van der Waals surface area contributed by atoms with Crippen LogP contribution in [0.3, 0.4) is 0 Å². The van der Waals surface area contributed by atoms with Crippen LogP contribution in [0.1, 0.15) is 20.3 Å². The largest absolute Gasteiger partial charge is 0.368 e. The van der Waals surface area contributed by atoms with Gasteiger partial charge in [-0.15, -0.1) is 0 Å². The second-order valence-electron chi connectivity index (χ2n) is 3.39. The molecule has 0 spiro atoms. The maximum atomic E-state index is 4.28. The summed E-state index contributed by atoms with van der Waals surface area (Å²) >= 11 is 5.35. The molecule has 2 nitrogen and oxygen atoms in total. The number of hydrogen-bond acceptors (Lipinski definition) is 3. The van der Waals surface area contributed by atoms with Gasteiger partial charge in [0.15, 0.2) is 0 Å². The zero-order valence-corrected chi connectivity index (χ0v) is 11.6. The molecule has 0 aliphatic heterocycles. The van der Waals surface area contributed by atoms with E-state index >= 15 is 0 Å². The van der Waals surface area contributed by atoms with Gasteiger partial charge in [-0.3, -0.25) is 0 Å². The average Bonchev–Trinajstić information content (AvgIpc) is 2.22. The van der Waals surface area contributed by atoms with E-state index in [0.29, 0.717) is 6.04 Å². The summed E-state index contributed by atoms with van der Waals surface area (Å²) in [5.74, 6) is 3.36. The highest BCUT2D eigenvalue weighted by molar-refractivity contribution is 9.10. The van der Waals surface area contributed by atoms with Gasteiger partial charge in [-0.05, 0) is 52.9 Å². The minimum atomic E-state index is 0.484. The average molecular weight is 289 g/mol. The van der Waals surface area contributed by atoms with Gasteiger partial charge in [0, 0.05) is 16.7 Å². The molecular weight excluding hydrogens is 272 g/mol. The first-order valence-electron chi connectivity index (χ1n) is 5.18. The number of halogens is 1. The first-order chi connectivity index (χ1) is 7.22. The summed E-state index contributed by atoms with van der Waals surface area (Å²) in [6.45, 7) is 4.39. The van der Waals surface area contributed by atoms with E-state index in [0.717, 1.165) is 10.3 Å². The molecule has 0 radical (unpaired) electrons. The number of hydrogen-bond donors (Lipinski definition) is 1. The zero-order valence-electron chi connectivity index (χ0n) is 9.16. The van der Waals surface area contributed by atoms with Crippen LogP contribution in [0.15, 0.2) is 22.8 Å². The van der Waals surface area contributed by atoms with Gasteiger partial charge < -0.3 is 5.32 Å². The number of rotatable bonds is 6. The summed E-state index contributed by atoms with van der Waals surface area (Å²) in [7, 11) is 0. The molecule has 0 bridgehead atoms. The Morgan fingerprint density at radius 3 is 2.93 bits per heavy atom. The van der Waals surface area contributed by atoms with Crippen LogP contribution in [-0.2, 0) is 0 Å². The summed E-state index contributed by atoms with van der Waals surface area (Å²) < 4.78 is 1.02. The van der Waals surface area contributed by atoms with Crippen LogP contribution in [0.5, 0.6) is 0 Å². The Hall–Kier alpha value is -0.220. The molecule has 4 heteroatoms. The predicted octanol–water partition coefficient (Wildman–Crippen LogP) is 3.79. The van der Waals surface area contributed by atoms with Crippen molar-refractivity contribution in [3.8, 4) is 0 Å². The number of pyridine rings is 1. The molecule has 0 aliphatic carbocycles. The Kier molecular flexibility index (Phi) is 6.10. The van der Waals surface area contributed by atoms with Crippen LogP contribution >= 0.6 is 27.7 Å². The fraction of sp³-hybridized carbons (Fsp3) is 0.545. The minimum Gasteiger partial charge on any atom is -0.368 e. The van der Waals surface area contributed by atoms with Crippen molar-refractivity contribution < 1.29 is 0 Å². The molecule has 15 heavy (non-hydrogen) atoms. The van der Waals surface area contributed by atoms with Gasteiger partial charge in [0.05, 0.1) is 0 Å². The van der Waals surface area contributed by atoms with E-state index in [1.165, 1.54) is 17.9 Å². The fourth-order valence-corrected chi connectivity index (χ4v) is 2.23. The van der Waals surface area contributed by atoms with Crippen LogP contribution in [0.25, 0.3) is 0 Å². The highest BCUT2D eigenvalue weighted by Gasteiger charge is 2.02. The maximum absolute atomic E-state index is 4.28. The zero-order chi connectivity index (χ0) is 11.1. The molecule has 1 unspecified atom stereocenters. The van der Waals surface area contributed by atoms with Crippen molar-refractivity contribution in [1.29, 1.82) is 0 Å². The lowest BCUT2D eigenvalue weighted by Crippen LogP contribution is -2.16. The molecule has 0 fully saturated rings. The summed E-state index contributed by atoms with van der Waals surface area (Å²) in [4.78, 5) is 4.28. The number of nitrogens with one attached hydrogen (secondary N) is 1. The first-order valence-corrected chi connectivity index (χ1v) is 7.13. The summed E-state index contributed by atoms with van der Waals surface area (Å²) in [6.07, 6.45) is 2.99. The third kappa shape index (κ3) is 5.42. The van der Waals surface area contributed by atoms with Gasteiger partial charge in [-0.25, -0.2) is 4.98 Å². The molecular formula is C11H17BrN2S. The lowest BCUT2D eigenvalue weighted by Gasteiger charge is -2.13. The Bertz CT molecular complexity index is 276. The fourth-order valence-electron chi connectivity index (χ4n) is 1.19. The molecule has 1 aromatic heterocycles. The van der Waals surface area contributed by atoms with Crippen molar-refractivity contribution in [1.82, 2.24) is 4.98 Å². The molecule has 0 aliphatic rings. The van der Waals surface area contributed by atoms with E-state index in [9.17, 15) is 0 Å². The Morgan fingerprint density at radius 1 is 1.53 bits per heavy atom. The molecule has 0 saturated carbocycles. The van der Waals surface area contributed by atoms with E-state index in [-0.39, 0.29) is 0 Å². The minimum absolute atomic E-state index is 0.484. The summed E-state index contributed by atoms with van der Waals surface area (Å²) in [5.41, 5.74) is 0. The number of thioether (sulfide) groups is 1. The highest BCUT2D eigenvalue weighted by Crippen LogP contribution is 2.13. The Morgan fingerprint density at radius 2 is 2.33 bits per heavy atom. The van der Waals surface area contributed by atoms with Crippen molar-refractivity contribution >= 4 is 33.5 Å². The van der Waals surface area contributed by atoms with E-state index < -0.39 is 0 Å². The molecule has 0 saturated heterocycles. The molecule has 1 atom stereocenters. The standard InChI is InChI=1S/C11H17BrN2S/c1-3-15-7-6-9(2)14-11-5-4-10(12)8-13-11/h4-5,8-9H,3,6-7H2,1-2H3,(H,13,14). The topological polar surface area (TPSA) is 24.9 Å². The van der Waals surface area contributed by atoms with Crippen LogP contribution in [0.4, 0.5) is 5.82 Å². The van der Waals surface area contributed by atoms with E-state index in [4.69, 9.17) is 0 Å². The second kappa shape index (κ2) is 7.12. The molecule has 1 aromatic rings. The monoisotopic (exact) mass is 288 g/mol. The van der Waals surface area contributed by atoms with Gasteiger partial charge in [-0.1, -0.05) is 6.92 Å². The number of anilines is 1. The lowest BCUT2D eigenvalue weighted by atomic mass is 10.2. The van der Waals surface area contributed by atoms with Gasteiger partial charge >= 0.3 is 0 Å². The molecule has 0 aromatic carbocycles. The van der Waals surface area contributed by atoms with Gasteiger partial charge in [0.2, 0.25) is 0 Å². The lowest BCUT2D eigenvalue weighted by molar-refractivity contribution is 0.766. The SMILES string of the molecule is CCSCCC(C)Nc1ccc(Br)cn1. The van der Waals surface area contributed by atoms with Gasteiger partial charge in [-0.2, -0.15) is 11.8 Å². The molecule has 1 N–H and O–H groups in total. The van der Waals surface area contributed by atoms with Crippen molar-refractivity contribution in [2.24, 2.45) is 0 Å². The van der Waals surface area contributed by atoms with Crippen molar-refractivity contribution in [3.63, 3.8) is 0 Å². The quantitative estimate of drug-likeness (QED) is 0.807. The van der Waals surface area contributed by atoms with Crippen molar-refractivity contribution in [2.45, 2.75) is 26.3 Å². The van der Waals surface area contributed by atoms with Crippen LogP contribution in [-0.4, -0.2) is 22.5 Å². The maximum Gasteiger partial charge on any atom is 0.126 e. The molecule has 0 amide bonds. The molecule has 84 valence electrons. The third-order valence-corrected chi connectivity index (χ3v) is 3.42. The Balaban J connectivity index is 2.31. The van der Waals surface area contributed by atoms with Gasteiger partial charge in [0.25, 0.3) is 0 Å². The van der Waals surface area contributed by atoms with E-state index in [1.54, 1.807) is 0 Å². The van der Waals surface area contributed by atoms with Crippen molar-refractivity contribution in [3.05, 3.63) is 22.8 Å². The van der Waals surface area contributed by atoms with Crippen LogP contribution < -0.4 is 5.32 Å². The smallest absolute Gasteiger partial charge is 0.126 e. The highest BCUT2D eigenvalue weighted by atomic mass is 79.9. The molecule has 1 heterocycles. The normalized spacial score (nSPS) is 12.5. The number of aromatic nitrogens is 1. The van der Waals surface area contributed by atoms with E-state index in [1.807, 2.05) is 30.1 Å². The van der Waals surface area contributed by atoms with E-state index in [2.05, 4.69) is 40.1 Å². The third-order valence-electron chi connectivity index (χ3n) is 2.02.